The molecule has 1 saturated heterocycles. The summed E-state index contributed by atoms with van der Waals surface area (Å²) in [6.45, 7) is 4.56. The zero-order valence-electron chi connectivity index (χ0n) is 12.1. The number of nitriles is 1. The first kappa shape index (κ1) is 17.0. The van der Waals surface area contributed by atoms with E-state index in [0.717, 1.165) is 24.6 Å². The number of nitrogens with zero attached hydrogens (tertiary/aromatic N) is 2. The molecule has 1 N–H and O–H groups in total. The van der Waals surface area contributed by atoms with Gasteiger partial charge in [-0.3, -0.25) is 4.90 Å². The Morgan fingerprint density at radius 2 is 1.90 bits per heavy atom. The van der Waals surface area contributed by atoms with E-state index in [1.165, 1.54) is 37.9 Å². The summed E-state index contributed by atoms with van der Waals surface area (Å²) in [5.41, 5.74) is 2.06. The average Bonchev–Trinajstić information content (AvgIpc) is 2.47. The molecular weight excluding hydrogens is 270 g/mol. The molecule has 3 nitrogen and oxygen atoms in total. The van der Waals surface area contributed by atoms with Crippen LogP contribution in [0.5, 0.6) is 0 Å². The molecule has 2 rings (SSSR count). The van der Waals surface area contributed by atoms with Gasteiger partial charge in [0.1, 0.15) is 0 Å². The number of piperidine rings is 1. The fraction of sp³-hybridized carbons (Fsp3) is 0.562. The topological polar surface area (TPSA) is 39.1 Å². The minimum Gasteiger partial charge on any atom is -0.320 e. The van der Waals surface area contributed by atoms with Crippen molar-refractivity contribution >= 4 is 12.4 Å². The fourth-order valence-electron chi connectivity index (χ4n) is 2.72. The first-order valence-electron chi connectivity index (χ1n) is 7.18. The number of rotatable bonds is 5. The van der Waals surface area contributed by atoms with Crippen molar-refractivity contribution in [1.29, 1.82) is 5.26 Å². The van der Waals surface area contributed by atoms with Crippen LogP contribution in [0.15, 0.2) is 24.3 Å². The zero-order chi connectivity index (χ0) is 13.5. The van der Waals surface area contributed by atoms with Crippen LogP contribution in [0, 0.1) is 17.2 Å². The van der Waals surface area contributed by atoms with Gasteiger partial charge < -0.3 is 5.32 Å². The van der Waals surface area contributed by atoms with E-state index in [1.807, 2.05) is 19.2 Å². The van der Waals surface area contributed by atoms with Gasteiger partial charge in [0.15, 0.2) is 0 Å². The number of benzene rings is 1. The quantitative estimate of drug-likeness (QED) is 0.907. The summed E-state index contributed by atoms with van der Waals surface area (Å²) in [5.74, 6) is 0.893. The lowest BCUT2D eigenvalue weighted by Gasteiger charge is -2.32. The normalized spacial score (nSPS) is 16.4. The summed E-state index contributed by atoms with van der Waals surface area (Å²) in [4.78, 5) is 2.53. The highest BCUT2D eigenvalue weighted by atomic mass is 35.5. The van der Waals surface area contributed by atoms with Gasteiger partial charge in [-0.1, -0.05) is 12.1 Å². The van der Waals surface area contributed by atoms with Crippen LogP contribution < -0.4 is 5.32 Å². The highest BCUT2D eigenvalue weighted by molar-refractivity contribution is 5.85. The molecule has 1 aromatic rings. The molecule has 0 saturated carbocycles. The maximum Gasteiger partial charge on any atom is 0.0991 e. The smallest absolute Gasteiger partial charge is 0.0991 e. The SMILES string of the molecule is CNCCC1CCN(Cc2ccc(C#N)cc2)CC1.Cl. The fourth-order valence-corrected chi connectivity index (χ4v) is 2.72. The van der Waals surface area contributed by atoms with E-state index >= 15 is 0 Å². The van der Waals surface area contributed by atoms with Crippen molar-refractivity contribution in [3.63, 3.8) is 0 Å². The highest BCUT2D eigenvalue weighted by Crippen LogP contribution is 2.21. The van der Waals surface area contributed by atoms with Crippen molar-refractivity contribution in [2.24, 2.45) is 5.92 Å². The van der Waals surface area contributed by atoms with E-state index in [0.29, 0.717) is 0 Å². The molecule has 0 bridgehead atoms. The van der Waals surface area contributed by atoms with Crippen LogP contribution in [0.25, 0.3) is 0 Å². The van der Waals surface area contributed by atoms with E-state index in [4.69, 9.17) is 5.26 Å². The second-order valence-electron chi connectivity index (χ2n) is 5.42. The molecule has 0 aromatic heterocycles. The van der Waals surface area contributed by atoms with Crippen molar-refractivity contribution in [3.05, 3.63) is 35.4 Å². The Morgan fingerprint density at radius 3 is 2.45 bits per heavy atom. The molecule has 1 aliphatic rings. The van der Waals surface area contributed by atoms with E-state index in [1.54, 1.807) is 0 Å². The van der Waals surface area contributed by atoms with Crippen molar-refractivity contribution < 1.29 is 0 Å². The molecule has 1 fully saturated rings. The number of hydrogen-bond acceptors (Lipinski definition) is 3. The average molecular weight is 294 g/mol. The Hall–Kier alpha value is -1.08. The van der Waals surface area contributed by atoms with Crippen LogP contribution in [0.2, 0.25) is 0 Å². The molecule has 0 spiro atoms. The largest absolute Gasteiger partial charge is 0.320 e. The van der Waals surface area contributed by atoms with Gasteiger partial charge in [-0.2, -0.15) is 5.26 Å². The van der Waals surface area contributed by atoms with Crippen LogP contribution >= 0.6 is 12.4 Å². The lowest BCUT2D eigenvalue weighted by molar-refractivity contribution is 0.172. The minimum atomic E-state index is 0. The third kappa shape index (κ3) is 5.13. The Kier molecular flexibility index (Phi) is 7.61. The maximum atomic E-state index is 8.78. The van der Waals surface area contributed by atoms with Crippen LogP contribution in [-0.2, 0) is 6.54 Å². The Bertz CT molecular complexity index is 416. The minimum absolute atomic E-state index is 0. The van der Waals surface area contributed by atoms with E-state index in [9.17, 15) is 0 Å². The molecule has 4 heteroatoms. The predicted octanol–water partition coefficient (Wildman–Crippen LogP) is 2.80. The number of hydrogen-bond donors (Lipinski definition) is 1. The van der Waals surface area contributed by atoms with Gasteiger partial charge >= 0.3 is 0 Å². The van der Waals surface area contributed by atoms with Crippen molar-refractivity contribution in [1.82, 2.24) is 10.2 Å². The Morgan fingerprint density at radius 1 is 1.25 bits per heavy atom. The van der Waals surface area contributed by atoms with Gasteiger partial charge in [0.05, 0.1) is 11.6 Å². The van der Waals surface area contributed by atoms with Crippen molar-refractivity contribution in [3.8, 4) is 6.07 Å². The first-order chi connectivity index (χ1) is 9.31. The van der Waals surface area contributed by atoms with Gasteiger partial charge in [0.2, 0.25) is 0 Å². The van der Waals surface area contributed by atoms with Crippen molar-refractivity contribution in [2.45, 2.75) is 25.8 Å². The summed E-state index contributed by atoms with van der Waals surface area (Å²) in [6.07, 6.45) is 3.94. The van der Waals surface area contributed by atoms with Gasteiger partial charge in [0, 0.05) is 6.54 Å². The lowest BCUT2D eigenvalue weighted by Crippen LogP contribution is -2.34. The molecular formula is C16H24ClN3. The van der Waals surface area contributed by atoms with Gasteiger partial charge in [-0.15, -0.1) is 12.4 Å². The predicted molar refractivity (Wildman–Crippen MR) is 84.9 cm³/mol. The maximum absolute atomic E-state index is 8.78. The lowest BCUT2D eigenvalue weighted by atomic mass is 9.93. The Balaban J connectivity index is 0.00000200. The Labute approximate surface area is 128 Å². The van der Waals surface area contributed by atoms with Crippen LogP contribution in [-0.4, -0.2) is 31.6 Å². The molecule has 0 aliphatic carbocycles. The van der Waals surface area contributed by atoms with Gasteiger partial charge in [-0.25, -0.2) is 0 Å². The van der Waals surface area contributed by atoms with Gasteiger partial charge in [-0.05, 0) is 69.6 Å². The standard InChI is InChI=1S/C16H23N3.ClH/c1-18-9-6-14-7-10-19(11-8-14)13-16-4-2-15(12-17)3-5-16;/h2-5,14,18H,6-11,13H2,1H3;1H. The number of halogens is 1. The molecule has 20 heavy (non-hydrogen) atoms. The molecule has 1 aliphatic heterocycles. The number of nitrogens with one attached hydrogen (secondary N) is 1. The van der Waals surface area contributed by atoms with Crippen molar-refractivity contribution in [2.75, 3.05) is 26.7 Å². The highest BCUT2D eigenvalue weighted by Gasteiger charge is 2.18. The summed E-state index contributed by atoms with van der Waals surface area (Å²) >= 11 is 0. The van der Waals surface area contributed by atoms with E-state index in [-0.39, 0.29) is 12.4 Å². The molecule has 0 amide bonds. The molecule has 110 valence electrons. The second kappa shape index (κ2) is 8.97. The first-order valence-corrected chi connectivity index (χ1v) is 7.18. The molecule has 0 radical (unpaired) electrons. The van der Waals surface area contributed by atoms with E-state index in [2.05, 4.69) is 28.4 Å². The third-order valence-corrected chi connectivity index (χ3v) is 4.00. The summed E-state index contributed by atoms with van der Waals surface area (Å²) in [5, 5.41) is 12.0. The summed E-state index contributed by atoms with van der Waals surface area (Å²) in [6, 6.07) is 10.1. The third-order valence-electron chi connectivity index (χ3n) is 4.00. The summed E-state index contributed by atoms with van der Waals surface area (Å²) < 4.78 is 0. The molecule has 1 heterocycles. The molecule has 1 aromatic carbocycles. The molecule has 0 atom stereocenters. The van der Waals surface area contributed by atoms with Crippen LogP contribution in [0.3, 0.4) is 0 Å². The number of likely N-dealkylation sites (tertiary alicyclic amines) is 1. The van der Waals surface area contributed by atoms with Crippen LogP contribution in [0.4, 0.5) is 0 Å². The second-order valence-corrected chi connectivity index (χ2v) is 5.42. The van der Waals surface area contributed by atoms with E-state index < -0.39 is 0 Å². The van der Waals surface area contributed by atoms with Crippen LogP contribution in [0.1, 0.15) is 30.4 Å². The monoisotopic (exact) mass is 293 g/mol. The molecule has 0 unspecified atom stereocenters. The zero-order valence-corrected chi connectivity index (χ0v) is 13.0. The van der Waals surface area contributed by atoms with Gasteiger partial charge in [0.25, 0.3) is 0 Å². The summed E-state index contributed by atoms with van der Waals surface area (Å²) in [7, 11) is 2.03.